The highest BCUT2D eigenvalue weighted by Crippen LogP contribution is 2.05. The summed E-state index contributed by atoms with van der Waals surface area (Å²) in [6.07, 6.45) is 5.24. The number of oxazole rings is 1. The van der Waals surface area contributed by atoms with Gasteiger partial charge in [0.15, 0.2) is 0 Å². The Balaban J connectivity index is 1.84. The molecule has 0 radical (unpaired) electrons. The summed E-state index contributed by atoms with van der Waals surface area (Å²) in [6, 6.07) is 0. The van der Waals surface area contributed by atoms with Crippen molar-refractivity contribution in [3.8, 4) is 0 Å². The average molecular weight is 193 g/mol. The number of aliphatic imine (C=N–C) groups is 1. The van der Waals surface area contributed by atoms with Crippen LogP contribution in [-0.2, 0) is 6.54 Å². The number of amidine groups is 1. The van der Waals surface area contributed by atoms with Crippen molar-refractivity contribution in [1.29, 1.82) is 0 Å². The molecule has 14 heavy (non-hydrogen) atoms. The number of hydrogen-bond acceptors (Lipinski definition) is 4. The van der Waals surface area contributed by atoms with Crippen LogP contribution in [0, 0.1) is 6.92 Å². The van der Waals surface area contributed by atoms with Gasteiger partial charge in [-0.15, -0.1) is 0 Å². The van der Waals surface area contributed by atoms with Crippen LogP contribution in [0.25, 0.3) is 0 Å². The minimum absolute atomic E-state index is 0.646. The quantitative estimate of drug-likeness (QED) is 0.777. The molecule has 0 aliphatic carbocycles. The van der Waals surface area contributed by atoms with Gasteiger partial charge in [0.25, 0.3) is 0 Å². The first-order valence-electron chi connectivity index (χ1n) is 5.03. The summed E-state index contributed by atoms with van der Waals surface area (Å²) in [7, 11) is 0. The van der Waals surface area contributed by atoms with Crippen molar-refractivity contribution in [2.24, 2.45) is 4.99 Å². The molecule has 2 rings (SSSR count). The monoisotopic (exact) mass is 193 g/mol. The van der Waals surface area contributed by atoms with Crippen LogP contribution in [0.3, 0.4) is 0 Å². The van der Waals surface area contributed by atoms with Crippen molar-refractivity contribution in [3.63, 3.8) is 0 Å². The summed E-state index contributed by atoms with van der Waals surface area (Å²) in [4.78, 5) is 8.50. The molecule has 0 saturated heterocycles. The van der Waals surface area contributed by atoms with Crippen LogP contribution in [0.1, 0.15) is 30.9 Å². The normalized spacial score (nSPS) is 16.5. The first-order valence-corrected chi connectivity index (χ1v) is 5.03. The van der Waals surface area contributed by atoms with Gasteiger partial charge in [-0.3, -0.25) is 4.99 Å². The molecule has 0 aromatic carbocycles. The zero-order valence-corrected chi connectivity index (χ0v) is 8.42. The number of hydrogen-bond donors (Lipinski definition) is 1. The number of rotatable bonds is 2. The third kappa shape index (κ3) is 2.34. The van der Waals surface area contributed by atoms with Gasteiger partial charge in [0.1, 0.15) is 5.76 Å². The summed E-state index contributed by atoms with van der Waals surface area (Å²) in [5, 5.41) is 3.24. The molecule has 1 aliphatic heterocycles. The third-order valence-electron chi connectivity index (χ3n) is 2.24. The minimum Gasteiger partial charge on any atom is -0.444 e. The summed E-state index contributed by atoms with van der Waals surface area (Å²) in [5.74, 6) is 2.68. The van der Waals surface area contributed by atoms with Crippen LogP contribution in [0.2, 0.25) is 0 Å². The highest BCUT2D eigenvalue weighted by molar-refractivity contribution is 5.82. The van der Waals surface area contributed by atoms with Crippen LogP contribution in [0.4, 0.5) is 0 Å². The van der Waals surface area contributed by atoms with Crippen molar-refractivity contribution in [1.82, 2.24) is 10.3 Å². The Hall–Kier alpha value is -1.32. The molecule has 76 valence electrons. The maximum Gasteiger partial charge on any atom is 0.213 e. The van der Waals surface area contributed by atoms with Gasteiger partial charge in [0, 0.05) is 13.0 Å². The first kappa shape index (κ1) is 9.24. The van der Waals surface area contributed by atoms with E-state index in [1.54, 1.807) is 6.20 Å². The molecule has 1 aromatic rings. The van der Waals surface area contributed by atoms with E-state index in [0.29, 0.717) is 6.54 Å². The lowest BCUT2D eigenvalue weighted by Gasteiger charge is -2.12. The fourth-order valence-corrected chi connectivity index (χ4v) is 1.50. The Morgan fingerprint density at radius 2 is 2.43 bits per heavy atom. The lowest BCUT2D eigenvalue weighted by atomic mass is 10.2. The van der Waals surface area contributed by atoms with E-state index in [1.165, 1.54) is 12.8 Å². The van der Waals surface area contributed by atoms with Gasteiger partial charge in [-0.2, -0.15) is 0 Å². The predicted octanol–water partition coefficient (Wildman–Crippen LogP) is 1.66. The molecule has 4 nitrogen and oxygen atoms in total. The second kappa shape index (κ2) is 4.26. The SMILES string of the molecule is Cc1cnc(CNC2=NCCCC2)o1. The predicted molar refractivity (Wildman–Crippen MR) is 54.2 cm³/mol. The maximum absolute atomic E-state index is 5.35. The van der Waals surface area contributed by atoms with E-state index in [-0.39, 0.29) is 0 Å². The van der Waals surface area contributed by atoms with Gasteiger partial charge < -0.3 is 9.73 Å². The Labute approximate surface area is 83.4 Å². The number of nitrogens with one attached hydrogen (secondary N) is 1. The van der Waals surface area contributed by atoms with Crippen molar-refractivity contribution in [2.45, 2.75) is 32.7 Å². The molecule has 0 atom stereocenters. The van der Waals surface area contributed by atoms with Gasteiger partial charge in [-0.25, -0.2) is 4.98 Å². The Morgan fingerprint density at radius 1 is 1.50 bits per heavy atom. The largest absolute Gasteiger partial charge is 0.444 e. The lowest BCUT2D eigenvalue weighted by molar-refractivity contribution is 0.464. The molecule has 4 heteroatoms. The molecule has 1 aromatic heterocycles. The van der Waals surface area contributed by atoms with E-state index in [9.17, 15) is 0 Å². The highest BCUT2D eigenvalue weighted by Gasteiger charge is 2.06. The van der Waals surface area contributed by atoms with Crippen LogP contribution < -0.4 is 5.32 Å². The van der Waals surface area contributed by atoms with Gasteiger partial charge in [0.05, 0.1) is 18.6 Å². The summed E-state index contributed by atoms with van der Waals surface area (Å²) in [6.45, 7) is 3.49. The summed E-state index contributed by atoms with van der Waals surface area (Å²) in [5.41, 5.74) is 0. The van der Waals surface area contributed by atoms with E-state index in [4.69, 9.17) is 4.42 Å². The van der Waals surface area contributed by atoms with E-state index in [0.717, 1.165) is 30.5 Å². The van der Waals surface area contributed by atoms with Crippen molar-refractivity contribution < 1.29 is 4.42 Å². The first-order chi connectivity index (χ1) is 6.84. The zero-order chi connectivity index (χ0) is 9.80. The third-order valence-corrected chi connectivity index (χ3v) is 2.24. The molecule has 0 bridgehead atoms. The number of aryl methyl sites for hydroxylation is 1. The Kier molecular flexibility index (Phi) is 2.81. The average Bonchev–Trinajstić information content (AvgIpc) is 2.63. The van der Waals surface area contributed by atoms with E-state index in [1.807, 2.05) is 6.92 Å². The minimum atomic E-state index is 0.646. The molecular weight excluding hydrogens is 178 g/mol. The van der Waals surface area contributed by atoms with Crippen molar-refractivity contribution >= 4 is 5.84 Å². The highest BCUT2D eigenvalue weighted by atomic mass is 16.4. The molecule has 0 fully saturated rings. The van der Waals surface area contributed by atoms with E-state index in [2.05, 4.69) is 15.3 Å². The molecule has 2 heterocycles. The summed E-state index contributed by atoms with van der Waals surface area (Å²) >= 11 is 0. The van der Waals surface area contributed by atoms with Crippen LogP contribution in [-0.4, -0.2) is 17.4 Å². The molecule has 0 spiro atoms. The van der Waals surface area contributed by atoms with Gasteiger partial charge in [-0.05, 0) is 19.8 Å². The molecule has 1 N–H and O–H groups in total. The number of nitrogens with zero attached hydrogens (tertiary/aromatic N) is 2. The molecular formula is C10H15N3O. The second-order valence-corrected chi connectivity index (χ2v) is 3.50. The summed E-state index contributed by atoms with van der Waals surface area (Å²) < 4.78 is 5.35. The smallest absolute Gasteiger partial charge is 0.213 e. The number of aromatic nitrogens is 1. The van der Waals surface area contributed by atoms with E-state index >= 15 is 0 Å². The van der Waals surface area contributed by atoms with Crippen molar-refractivity contribution in [2.75, 3.05) is 6.54 Å². The van der Waals surface area contributed by atoms with E-state index < -0.39 is 0 Å². The Morgan fingerprint density at radius 3 is 3.07 bits per heavy atom. The Bertz CT molecular complexity index is 330. The van der Waals surface area contributed by atoms with Crippen molar-refractivity contribution in [3.05, 3.63) is 17.8 Å². The molecule has 0 unspecified atom stereocenters. The standard InChI is InChI=1S/C10H15N3O/c1-8-6-13-10(14-8)7-12-9-4-2-3-5-11-9/h6H,2-5,7H2,1H3,(H,11,12). The fourth-order valence-electron chi connectivity index (χ4n) is 1.50. The second-order valence-electron chi connectivity index (χ2n) is 3.50. The van der Waals surface area contributed by atoms with Gasteiger partial charge in [0.2, 0.25) is 5.89 Å². The molecule has 1 aliphatic rings. The molecule has 0 amide bonds. The maximum atomic E-state index is 5.35. The zero-order valence-electron chi connectivity index (χ0n) is 8.42. The van der Waals surface area contributed by atoms with Crippen LogP contribution in [0.5, 0.6) is 0 Å². The fraction of sp³-hybridized carbons (Fsp3) is 0.600. The topological polar surface area (TPSA) is 50.4 Å². The van der Waals surface area contributed by atoms with Gasteiger partial charge >= 0.3 is 0 Å². The van der Waals surface area contributed by atoms with Gasteiger partial charge in [-0.1, -0.05) is 0 Å². The lowest BCUT2D eigenvalue weighted by Crippen LogP contribution is -2.25. The van der Waals surface area contributed by atoms with Crippen LogP contribution in [0.15, 0.2) is 15.6 Å². The van der Waals surface area contributed by atoms with Crippen LogP contribution >= 0.6 is 0 Å². The molecule has 0 saturated carbocycles.